The lowest BCUT2D eigenvalue weighted by Gasteiger charge is -2.36. The molecule has 2 aromatic carbocycles. The van der Waals surface area contributed by atoms with Crippen LogP contribution in [-0.2, 0) is 24.8 Å². The molecule has 2 amide bonds. The molecule has 6 heteroatoms. The lowest BCUT2D eigenvalue weighted by Crippen LogP contribution is -2.48. The Bertz CT molecular complexity index is 712. The van der Waals surface area contributed by atoms with Gasteiger partial charge in [0, 0.05) is 5.56 Å². The second-order valence-corrected chi connectivity index (χ2v) is 5.41. The fraction of sp³-hybridized carbons (Fsp3) is 0.222. The van der Waals surface area contributed by atoms with E-state index in [0.29, 0.717) is 13.2 Å². The molecule has 1 heterocycles. The van der Waals surface area contributed by atoms with Crippen molar-refractivity contribution in [1.29, 1.82) is 0 Å². The summed E-state index contributed by atoms with van der Waals surface area (Å²) in [6.07, 6.45) is 0. The summed E-state index contributed by atoms with van der Waals surface area (Å²) < 4.78 is 11.9. The van der Waals surface area contributed by atoms with Crippen LogP contribution in [0.15, 0.2) is 60.7 Å². The van der Waals surface area contributed by atoms with Crippen molar-refractivity contribution >= 4 is 11.8 Å². The highest BCUT2D eigenvalue weighted by molar-refractivity contribution is 6.34. The molecule has 1 aliphatic heterocycles. The zero-order valence-electron chi connectivity index (χ0n) is 13.0. The normalized spacial score (nSPS) is 17.2. The first-order chi connectivity index (χ1) is 11.6. The Labute approximate surface area is 139 Å². The maximum absolute atomic E-state index is 12.0. The third-order valence-corrected chi connectivity index (χ3v) is 3.90. The van der Waals surface area contributed by atoms with Crippen LogP contribution in [0.1, 0.15) is 17.2 Å². The van der Waals surface area contributed by atoms with Gasteiger partial charge in [-0.3, -0.25) is 9.59 Å². The molecule has 0 unspecified atom stereocenters. The first-order valence-corrected chi connectivity index (χ1v) is 7.62. The van der Waals surface area contributed by atoms with Crippen molar-refractivity contribution in [3.05, 3.63) is 71.8 Å². The van der Waals surface area contributed by atoms with Crippen LogP contribution >= 0.6 is 0 Å². The molecule has 2 aromatic rings. The molecule has 0 saturated carbocycles. The molecule has 1 aliphatic rings. The molecule has 0 spiro atoms. The maximum Gasteiger partial charge on any atom is 0.309 e. The van der Waals surface area contributed by atoms with E-state index in [9.17, 15) is 9.59 Å². The first kappa shape index (κ1) is 16.2. The van der Waals surface area contributed by atoms with Gasteiger partial charge < -0.3 is 20.5 Å². The van der Waals surface area contributed by atoms with Gasteiger partial charge in [0.25, 0.3) is 0 Å². The third-order valence-electron chi connectivity index (χ3n) is 3.90. The van der Waals surface area contributed by atoms with Gasteiger partial charge >= 0.3 is 11.8 Å². The average molecular weight is 326 g/mol. The number of rotatable bonds is 4. The molecule has 3 N–H and O–H groups in total. The van der Waals surface area contributed by atoms with Gasteiger partial charge in [-0.15, -0.1) is 0 Å². The number of amides is 2. The highest BCUT2D eigenvalue weighted by Gasteiger charge is 2.48. The first-order valence-electron chi connectivity index (χ1n) is 7.62. The average Bonchev–Trinajstić information content (AvgIpc) is 3.11. The molecule has 1 atom stereocenters. The number of carbonyl (C=O) groups excluding carboxylic acids is 2. The SMILES string of the molecule is NC(=O)C(=O)N[C@@H](c1ccccc1)C1(c2ccccc2)OCCO1. The van der Waals surface area contributed by atoms with Crippen molar-refractivity contribution in [2.75, 3.05) is 13.2 Å². The van der Waals surface area contributed by atoms with Gasteiger partial charge in [0.15, 0.2) is 0 Å². The van der Waals surface area contributed by atoms with Crippen molar-refractivity contribution in [2.24, 2.45) is 5.73 Å². The quantitative estimate of drug-likeness (QED) is 0.827. The standard InChI is InChI=1S/C18H18N2O4/c19-16(21)17(22)20-15(13-7-3-1-4-8-13)18(23-11-12-24-18)14-9-5-2-6-10-14/h1-10,15H,11-12H2,(H2,19,21)(H,20,22)/t15-/m0/s1. The van der Waals surface area contributed by atoms with E-state index in [1.165, 1.54) is 0 Å². The number of hydrogen-bond donors (Lipinski definition) is 2. The predicted octanol–water partition coefficient (Wildman–Crippen LogP) is 1.23. The van der Waals surface area contributed by atoms with Crippen molar-refractivity contribution in [3.8, 4) is 0 Å². The minimum Gasteiger partial charge on any atom is -0.361 e. The van der Waals surface area contributed by atoms with E-state index in [2.05, 4.69) is 5.32 Å². The topological polar surface area (TPSA) is 90.7 Å². The molecule has 6 nitrogen and oxygen atoms in total. The van der Waals surface area contributed by atoms with E-state index in [-0.39, 0.29) is 0 Å². The summed E-state index contributed by atoms with van der Waals surface area (Å²) >= 11 is 0. The smallest absolute Gasteiger partial charge is 0.309 e. The van der Waals surface area contributed by atoms with Crippen LogP contribution in [0.25, 0.3) is 0 Å². The van der Waals surface area contributed by atoms with Gasteiger partial charge in [0.1, 0.15) is 6.04 Å². The van der Waals surface area contributed by atoms with Crippen LogP contribution in [0.2, 0.25) is 0 Å². The highest BCUT2D eigenvalue weighted by atomic mass is 16.7. The number of primary amides is 1. The Morgan fingerprint density at radius 1 is 0.958 bits per heavy atom. The third kappa shape index (κ3) is 3.02. The molecular weight excluding hydrogens is 308 g/mol. The van der Waals surface area contributed by atoms with E-state index in [1.807, 2.05) is 60.7 Å². The van der Waals surface area contributed by atoms with Gasteiger partial charge in [-0.05, 0) is 5.56 Å². The summed E-state index contributed by atoms with van der Waals surface area (Å²) in [5, 5.41) is 2.65. The van der Waals surface area contributed by atoms with E-state index in [1.54, 1.807) is 0 Å². The van der Waals surface area contributed by atoms with E-state index in [4.69, 9.17) is 15.2 Å². The molecule has 0 radical (unpaired) electrons. The second-order valence-electron chi connectivity index (χ2n) is 5.41. The second kappa shape index (κ2) is 6.82. The van der Waals surface area contributed by atoms with Crippen molar-refractivity contribution < 1.29 is 19.1 Å². The predicted molar refractivity (Wildman–Crippen MR) is 86.5 cm³/mol. The Balaban J connectivity index is 2.08. The van der Waals surface area contributed by atoms with Gasteiger partial charge in [-0.25, -0.2) is 0 Å². The Hall–Kier alpha value is -2.70. The summed E-state index contributed by atoms with van der Waals surface area (Å²) in [6.45, 7) is 0.759. The fourth-order valence-corrected chi connectivity index (χ4v) is 2.84. The number of nitrogens with two attached hydrogens (primary N) is 1. The summed E-state index contributed by atoms with van der Waals surface area (Å²) in [5.74, 6) is -3.16. The highest BCUT2D eigenvalue weighted by Crippen LogP contribution is 2.42. The number of carbonyl (C=O) groups is 2. The molecule has 0 aliphatic carbocycles. The zero-order valence-corrected chi connectivity index (χ0v) is 13.0. The van der Waals surface area contributed by atoms with E-state index < -0.39 is 23.6 Å². The van der Waals surface area contributed by atoms with Gasteiger partial charge in [0.2, 0.25) is 5.79 Å². The van der Waals surface area contributed by atoms with Crippen LogP contribution < -0.4 is 11.1 Å². The summed E-state index contributed by atoms with van der Waals surface area (Å²) in [4.78, 5) is 23.2. The molecule has 0 aromatic heterocycles. The van der Waals surface area contributed by atoms with Crippen LogP contribution in [0.4, 0.5) is 0 Å². The lowest BCUT2D eigenvalue weighted by molar-refractivity contribution is -0.192. The number of benzene rings is 2. The molecule has 24 heavy (non-hydrogen) atoms. The van der Waals surface area contributed by atoms with Gasteiger partial charge in [0.05, 0.1) is 13.2 Å². The van der Waals surface area contributed by atoms with Gasteiger partial charge in [-0.2, -0.15) is 0 Å². The minimum absolute atomic E-state index is 0.380. The Morgan fingerprint density at radius 2 is 1.50 bits per heavy atom. The van der Waals surface area contributed by atoms with Crippen molar-refractivity contribution in [1.82, 2.24) is 5.32 Å². The van der Waals surface area contributed by atoms with Gasteiger partial charge in [-0.1, -0.05) is 60.7 Å². The fourth-order valence-electron chi connectivity index (χ4n) is 2.84. The lowest BCUT2D eigenvalue weighted by atomic mass is 9.91. The summed E-state index contributed by atoms with van der Waals surface area (Å²) in [6, 6.07) is 17.8. The van der Waals surface area contributed by atoms with Crippen molar-refractivity contribution in [3.63, 3.8) is 0 Å². The van der Waals surface area contributed by atoms with Crippen LogP contribution in [-0.4, -0.2) is 25.0 Å². The molecule has 1 fully saturated rings. The molecule has 1 saturated heterocycles. The maximum atomic E-state index is 12.0. The minimum atomic E-state index is -1.21. The van der Waals surface area contributed by atoms with Crippen molar-refractivity contribution in [2.45, 2.75) is 11.8 Å². The van der Waals surface area contributed by atoms with Crippen LogP contribution in [0.5, 0.6) is 0 Å². The zero-order chi connectivity index (χ0) is 17.0. The van der Waals surface area contributed by atoms with E-state index in [0.717, 1.165) is 11.1 Å². The van der Waals surface area contributed by atoms with Crippen LogP contribution in [0.3, 0.4) is 0 Å². The summed E-state index contributed by atoms with van der Waals surface area (Å²) in [5.41, 5.74) is 6.61. The summed E-state index contributed by atoms with van der Waals surface area (Å²) in [7, 11) is 0. The van der Waals surface area contributed by atoms with Crippen LogP contribution in [0, 0.1) is 0 Å². The molecule has 0 bridgehead atoms. The monoisotopic (exact) mass is 326 g/mol. The number of nitrogens with one attached hydrogen (secondary N) is 1. The number of ether oxygens (including phenoxy) is 2. The molecule has 3 rings (SSSR count). The largest absolute Gasteiger partial charge is 0.361 e. The van der Waals surface area contributed by atoms with E-state index >= 15 is 0 Å². The number of hydrogen-bond acceptors (Lipinski definition) is 4. The Kier molecular flexibility index (Phi) is 4.59. The Morgan fingerprint density at radius 3 is 2.04 bits per heavy atom. The molecule has 124 valence electrons. The molecular formula is C18H18N2O4.